The van der Waals surface area contributed by atoms with E-state index >= 15 is 0 Å². The molecule has 0 unspecified atom stereocenters. The van der Waals surface area contributed by atoms with Crippen molar-refractivity contribution in [2.24, 2.45) is 0 Å². The third-order valence-electron chi connectivity index (χ3n) is 8.76. The van der Waals surface area contributed by atoms with Gasteiger partial charge in [-0.3, -0.25) is 33.3 Å². The lowest BCUT2D eigenvalue weighted by molar-refractivity contribution is -0.139. The molecule has 3 atom stereocenters. The quantitative estimate of drug-likeness (QED) is 0.0497. The number of para-hydroxylation sites is 1. The molecule has 5 amide bonds. The maximum absolute atomic E-state index is 13.6. The lowest BCUT2D eigenvalue weighted by Gasteiger charge is -2.23. The minimum atomic E-state index is -4.79. The van der Waals surface area contributed by atoms with Crippen molar-refractivity contribution in [3.63, 3.8) is 0 Å². The molecule has 58 heavy (non-hydrogen) atoms. The summed E-state index contributed by atoms with van der Waals surface area (Å²) < 4.78 is 35.5. The van der Waals surface area contributed by atoms with Gasteiger partial charge in [-0.1, -0.05) is 60.7 Å². The van der Waals surface area contributed by atoms with Gasteiger partial charge in [0.05, 0.1) is 13.0 Å². The number of aromatic amines is 1. The maximum atomic E-state index is 13.6. The van der Waals surface area contributed by atoms with E-state index in [-0.39, 0.29) is 25.0 Å². The average Bonchev–Trinajstić information content (AvgIpc) is 3.60. The first kappa shape index (κ1) is 44.8. The molecule has 0 radical (unpaired) electrons. The van der Waals surface area contributed by atoms with Crippen molar-refractivity contribution in [2.45, 2.75) is 56.7 Å². The zero-order valence-electron chi connectivity index (χ0n) is 31.6. The number of benzene rings is 3. The van der Waals surface area contributed by atoms with Gasteiger partial charge in [-0.2, -0.15) is 20.2 Å². The van der Waals surface area contributed by atoms with Crippen molar-refractivity contribution in [1.29, 1.82) is 0 Å². The molecule has 1 heterocycles. The second-order valence-electron chi connectivity index (χ2n) is 13.1. The fraction of sp³-hybridized carbons (Fsp3) is 0.333. The number of carbonyl (C=O) groups excluding carboxylic acids is 5. The lowest BCUT2D eigenvalue weighted by Crippen LogP contribution is -2.56. The Kier molecular flexibility index (Phi) is 17.1. The van der Waals surface area contributed by atoms with Crippen molar-refractivity contribution in [2.75, 3.05) is 25.1 Å². The Bertz CT molecular complexity index is 2150. The predicted octanol–water partition coefficient (Wildman–Crippen LogP) is 1.68. The van der Waals surface area contributed by atoms with Gasteiger partial charge in [-0.25, -0.2) is 0 Å². The van der Waals surface area contributed by atoms with Gasteiger partial charge in [0.1, 0.15) is 23.9 Å². The molecule has 0 bridgehead atoms. The molecule has 0 spiro atoms. The zero-order chi connectivity index (χ0) is 42.1. The van der Waals surface area contributed by atoms with E-state index in [0.29, 0.717) is 24.3 Å². The number of amides is 5. The molecule has 0 fully saturated rings. The van der Waals surface area contributed by atoms with Crippen molar-refractivity contribution in [3.05, 3.63) is 102 Å². The van der Waals surface area contributed by atoms with E-state index in [1.807, 2.05) is 54.6 Å². The van der Waals surface area contributed by atoms with Crippen molar-refractivity contribution in [3.8, 4) is 5.75 Å². The molecule has 4 aromatic rings. The Balaban J connectivity index is 1.43. The van der Waals surface area contributed by atoms with E-state index in [4.69, 9.17) is 9.66 Å². The van der Waals surface area contributed by atoms with Crippen LogP contribution in [0.1, 0.15) is 36.0 Å². The topological polar surface area (TPSA) is 262 Å². The number of hydrogen-bond acceptors (Lipinski definition) is 10. The van der Waals surface area contributed by atoms with E-state index in [1.54, 1.807) is 12.5 Å². The fourth-order valence-electron chi connectivity index (χ4n) is 5.88. The van der Waals surface area contributed by atoms with Crippen LogP contribution in [0.2, 0.25) is 0 Å². The summed E-state index contributed by atoms with van der Waals surface area (Å²) in [5.74, 6) is -4.34. The molecule has 310 valence electrons. The molecule has 19 heteroatoms. The van der Waals surface area contributed by atoms with E-state index in [2.05, 4.69) is 35.8 Å². The molecule has 1 aromatic heterocycles. The van der Waals surface area contributed by atoms with Crippen LogP contribution in [0, 0.1) is 0 Å². The summed E-state index contributed by atoms with van der Waals surface area (Å²) in [7, 11) is -4.79. The predicted molar refractivity (Wildman–Crippen MR) is 216 cm³/mol. The highest BCUT2D eigenvalue weighted by atomic mass is 32.3. The SMILES string of the molecule is CSCC[C@H](NC(=O)[C@H](Cc1ccc(OS(=O)(=O)O)cc1)NC(=O)CCC(=O)O)C(=O)NCC(=O)N[C@@H](Cc1c[nH]c2ccccc12)C(=O)NCCc1ccccc1. The first-order valence-electron chi connectivity index (χ1n) is 18.2. The van der Waals surface area contributed by atoms with E-state index in [0.717, 1.165) is 22.0 Å². The largest absolute Gasteiger partial charge is 0.481 e. The normalized spacial score (nSPS) is 12.7. The van der Waals surface area contributed by atoms with Crippen LogP contribution >= 0.6 is 11.8 Å². The molecule has 0 aliphatic heterocycles. The lowest BCUT2D eigenvalue weighted by atomic mass is 10.0. The first-order valence-corrected chi connectivity index (χ1v) is 21.0. The van der Waals surface area contributed by atoms with Gasteiger partial charge in [0.25, 0.3) is 0 Å². The molecule has 0 saturated carbocycles. The van der Waals surface area contributed by atoms with Gasteiger partial charge >= 0.3 is 16.4 Å². The number of aromatic nitrogens is 1. The number of nitrogens with one attached hydrogen (secondary N) is 6. The van der Waals surface area contributed by atoms with Crippen LogP contribution in [0.15, 0.2) is 85.1 Å². The van der Waals surface area contributed by atoms with Crippen LogP contribution in [0.25, 0.3) is 10.9 Å². The highest BCUT2D eigenvalue weighted by Crippen LogP contribution is 2.19. The molecular formula is C39H46N6O11S2. The summed E-state index contributed by atoms with van der Waals surface area (Å²) in [6.07, 6.45) is 3.34. The van der Waals surface area contributed by atoms with Crippen LogP contribution in [0.4, 0.5) is 0 Å². The molecule has 3 aromatic carbocycles. The number of carboxylic acid groups (broad SMARTS) is 1. The fourth-order valence-corrected chi connectivity index (χ4v) is 6.70. The molecule has 17 nitrogen and oxygen atoms in total. The molecule has 4 rings (SSSR count). The van der Waals surface area contributed by atoms with Gasteiger partial charge in [-0.05, 0) is 59.7 Å². The van der Waals surface area contributed by atoms with Crippen LogP contribution in [-0.2, 0) is 58.4 Å². The van der Waals surface area contributed by atoms with Gasteiger partial charge in [0.2, 0.25) is 29.5 Å². The highest BCUT2D eigenvalue weighted by Gasteiger charge is 2.28. The molecule has 0 aliphatic rings. The third-order valence-corrected chi connectivity index (χ3v) is 9.80. The number of thioether (sulfide) groups is 1. The molecular weight excluding hydrogens is 793 g/mol. The van der Waals surface area contributed by atoms with Crippen LogP contribution in [0.5, 0.6) is 5.75 Å². The number of carbonyl (C=O) groups is 6. The third kappa shape index (κ3) is 15.2. The number of carboxylic acids is 1. The standard InChI is InChI=1S/C39H46N6O11S2/c1-57-20-18-31(45-39(52)32(43-34(46)15-16-36(48)49)21-26-11-13-28(14-12-26)56-58(53,54)55)37(50)42-24-35(47)44-33(22-27-23-41-30-10-6-5-9-29(27)30)38(51)40-19-17-25-7-3-2-4-8-25/h2-14,23,31-33,41H,15-22,24H2,1H3,(H,40,51)(H,42,50)(H,43,46)(H,44,47)(H,45,52)(H,48,49)(H,53,54,55)/t31-,32-,33-/m0/s1. The van der Waals surface area contributed by atoms with Crippen molar-refractivity contribution in [1.82, 2.24) is 31.6 Å². The Morgan fingerprint density at radius 3 is 2.09 bits per heavy atom. The minimum absolute atomic E-state index is 0.134. The smallest absolute Gasteiger partial charge is 0.446 e. The molecule has 0 aliphatic carbocycles. The van der Waals surface area contributed by atoms with Crippen LogP contribution < -0.4 is 30.8 Å². The summed E-state index contributed by atoms with van der Waals surface area (Å²) in [6, 6.07) is 18.9. The second kappa shape index (κ2) is 22.1. The number of rotatable bonds is 23. The Morgan fingerprint density at radius 1 is 0.741 bits per heavy atom. The monoisotopic (exact) mass is 838 g/mol. The van der Waals surface area contributed by atoms with Crippen molar-refractivity contribution < 1.29 is 51.0 Å². The Hall–Kier alpha value is -5.92. The van der Waals surface area contributed by atoms with E-state index < -0.39 is 83.4 Å². The van der Waals surface area contributed by atoms with Crippen molar-refractivity contribution >= 4 is 68.6 Å². The highest BCUT2D eigenvalue weighted by molar-refractivity contribution is 7.98. The first-order chi connectivity index (χ1) is 27.7. The Morgan fingerprint density at radius 2 is 1.40 bits per heavy atom. The van der Waals surface area contributed by atoms with Gasteiger partial charge < -0.3 is 40.9 Å². The van der Waals surface area contributed by atoms with Gasteiger partial charge in [0.15, 0.2) is 0 Å². The van der Waals surface area contributed by atoms with E-state index in [9.17, 15) is 37.2 Å². The zero-order valence-corrected chi connectivity index (χ0v) is 33.2. The van der Waals surface area contributed by atoms with Gasteiger partial charge in [0, 0.05) is 42.9 Å². The average molecular weight is 839 g/mol. The molecule has 0 saturated heterocycles. The summed E-state index contributed by atoms with van der Waals surface area (Å²) in [5, 5.41) is 23.2. The summed E-state index contributed by atoms with van der Waals surface area (Å²) in [6.45, 7) is -0.203. The summed E-state index contributed by atoms with van der Waals surface area (Å²) >= 11 is 1.40. The van der Waals surface area contributed by atoms with Gasteiger partial charge in [-0.15, -0.1) is 0 Å². The number of aliphatic carboxylic acids is 1. The maximum Gasteiger partial charge on any atom is 0.446 e. The summed E-state index contributed by atoms with van der Waals surface area (Å²) in [4.78, 5) is 80.7. The van der Waals surface area contributed by atoms with E-state index in [1.165, 1.54) is 36.0 Å². The number of fused-ring (bicyclic) bond motifs is 1. The number of hydrogen-bond donors (Lipinski definition) is 8. The summed E-state index contributed by atoms with van der Waals surface area (Å²) in [5.41, 5.74) is 3.10. The second-order valence-corrected chi connectivity index (χ2v) is 15.2. The molecule has 8 N–H and O–H groups in total. The minimum Gasteiger partial charge on any atom is -0.481 e. The Labute approximate surface area is 339 Å². The van der Waals surface area contributed by atoms with Crippen LogP contribution in [0.3, 0.4) is 0 Å². The number of H-pyrrole nitrogens is 1. The van der Waals surface area contributed by atoms with Crippen LogP contribution in [-0.4, -0.2) is 102 Å².